The molecule has 0 aliphatic carbocycles. The van der Waals surface area contributed by atoms with E-state index in [2.05, 4.69) is 64.7 Å². The lowest BCUT2D eigenvalue weighted by Gasteiger charge is -2.21. The number of hydrogen-bond acceptors (Lipinski definition) is 3. The average Bonchev–Trinajstić information content (AvgIpc) is 2.92. The molecule has 0 spiro atoms. The monoisotopic (exact) mass is 332 g/mol. The number of nitrogens with one attached hydrogen (secondary N) is 2. The highest BCUT2D eigenvalue weighted by Crippen LogP contribution is 2.20. The first-order valence-corrected chi connectivity index (χ1v) is 9.13. The predicted molar refractivity (Wildman–Crippen MR) is 100 cm³/mol. The van der Waals surface area contributed by atoms with Gasteiger partial charge < -0.3 is 15.4 Å². The smallest absolute Gasteiger partial charge is 0.191 e. The topological polar surface area (TPSA) is 48.9 Å². The summed E-state index contributed by atoms with van der Waals surface area (Å²) >= 11 is 0. The molecule has 5 heteroatoms. The molecule has 1 heterocycles. The van der Waals surface area contributed by atoms with E-state index in [1.807, 2.05) is 6.92 Å². The Morgan fingerprint density at radius 1 is 1.29 bits per heavy atom. The molecular weight excluding hydrogens is 300 g/mol. The van der Waals surface area contributed by atoms with E-state index in [1.165, 1.54) is 5.56 Å². The Morgan fingerprint density at radius 2 is 2.08 bits per heavy atom. The van der Waals surface area contributed by atoms with Gasteiger partial charge in [-0.05, 0) is 32.8 Å². The fraction of sp³-hybridized carbons (Fsp3) is 0.632. The highest BCUT2D eigenvalue weighted by Gasteiger charge is 2.29. The lowest BCUT2D eigenvalue weighted by atomic mass is 10.2. The maximum Gasteiger partial charge on any atom is 0.191 e. The van der Waals surface area contributed by atoms with Crippen LogP contribution in [0.1, 0.15) is 32.8 Å². The Bertz CT molecular complexity index is 491. The van der Waals surface area contributed by atoms with Crippen LogP contribution < -0.4 is 10.6 Å². The van der Waals surface area contributed by atoms with E-state index in [0.717, 1.165) is 38.6 Å². The van der Waals surface area contributed by atoms with Gasteiger partial charge in [-0.3, -0.25) is 9.89 Å². The molecule has 0 bridgehead atoms. The van der Waals surface area contributed by atoms with Gasteiger partial charge in [0.2, 0.25) is 0 Å². The number of ether oxygens (including phenoxy) is 1. The first kappa shape index (κ1) is 18.7. The summed E-state index contributed by atoms with van der Waals surface area (Å²) in [5.41, 5.74) is 1.38. The lowest BCUT2D eigenvalue weighted by molar-refractivity contribution is 0.155. The third-order valence-corrected chi connectivity index (χ3v) is 4.33. The number of likely N-dealkylation sites (tertiary alicyclic amines) is 1. The fourth-order valence-electron chi connectivity index (χ4n) is 3.12. The van der Waals surface area contributed by atoms with Gasteiger partial charge in [0.15, 0.2) is 5.96 Å². The minimum atomic E-state index is 0.439. The molecule has 0 aromatic heterocycles. The molecule has 1 saturated heterocycles. The number of aliphatic imine (C=N–C) groups is 1. The maximum atomic E-state index is 5.36. The van der Waals surface area contributed by atoms with Crippen molar-refractivity contribution in [2.75, 3.05) is 32.8 Å². The molecule has 1 aromatic carbocycles. The molecule has 0 radical (unpaired) electrons. The van der Waals surface area contributed by atoms with E-state index in [4.69, 9.17) is 4.74 Å². The van der Waals surface area contributed by atoms with Gasteiger partial charge in [0.1, 0.15) is 0 Å². The van der Waals surface area contributed by atoms with Gasteiger partial charge in [-0.25, -0.2) is 0 Å². The van der Waals surface area contributed by atoms with E-state index < -0.39 is 0 Å². The van der Waals surface area contributed by atoms with Crippen LogP contribution in [-0.2, 0) is 11.3 Å². The summed E-state index contributed by atoms with van der Waals surface area (Å²) in [6.07, 6.45) is 1.14. The van der Waals surface area contributed by atoms with Crippen molar-refractivity contribution in [2.45, 2.75) is 45.8 Å². The second-order valence-corrected chi connectivity index (χ2v) is 6.30. The molecule has 5 nitrogen and oxygen atoms in total. The van der Waals surface area contributed by atoms with Crippen molar-refractivity contribution in [1.82, 2.24) is 15.5 Å². The average molecular weight is 332 g/mol. The molecule has 0 saturated carbocycles. The van der Waals surface area contributed by atoms with Gasteiger partial charge in [-0.1, -0.05) is 30.3 Å². The highest BCUT2D eigenvalue weighted by atomic mass is 16.5. The Kier molecular flexibility index (Phi) is 8.05. The van der Waals surface area contributed by atoms with Crippen LogP contribution >= 0.6 is 0 Å². The van der Waals surface area contributed by atoms with Crippen LogP contribution in [0.2, 0.25) is 0 Å². The van der Waals surface area contributed by atoms with E-state index in [9.17, 15) is 0 Å². The van der Waals surface area contributed by atoms with Crippen LogP contribution in [0.15, 0.2) is 35.3 Å². The van der Waals surface area contributed by atoms with Gasteiger partial charge in [-0.2, -0.15) is 0 Å². The van der Waals surface area contributed by atoms with Crippen molar-refractivity contribution in [2.24, 2.45) is 4.99 Å². The minimum absolute atomic E-state index is 0.439. The van der Waals surface area contributed by atoms with Crippen LogP contribution in [0.4, 0.5) is 0 Å². The summed E-state index contributed by atoms with van der Waals surface area (Å²) in [7, 11) is 0. The molecule has 0 amide bonds. The molecule has 1 aromatic rings. The summed E-state index contributed by atoms with van der Waals surface area (Å²) in [5.74, 6) is 0.899. The predicted octanol–water partition coefficient (Wildman–Crippen LogP) is 2.24. The van der Waals surface area contributed by atoms with Crippen LogP contribution in [0.5, 0.6) is 0 Å². The zero-order chi connectivity index (χ0) is 17.2. The van der Waals surface area contributed by atoms with Crippen LogP contribution in [0, 0.1) is 0 Å². The molecule has 24 heavy (non-hydrogen) atoms. The number of guanidine groups is 1. The molecule has 134 valence electrons. The summed E-state index contributed by atoms with van der Waals surface area (Å²) < 4.78 is 5.36. The van der Waals surface area contributed by atoms with Crippen molar-refractivity contribution in [3.8, 4) is 0 Å². The standard InChI is InChI=1S/C19H32N4O/c1-4-20-19(21-11-12-24-5-2)22-18-13-16(3)23(15-18)14-17-9-7-6-8-10-17/h6-10,16,18H,4-5,11-15H2,1-3H3,(H2,20,21,22). The summed E-state index contributed by atoms with van der Waals surface area (Å²) in [6.45, 7) is 11.5. The lowest BCUT2D eigenvalue weighted by Crippen LogP contribution is -2.44. The molecule has 2 atom stereocenters. The molecule has 2 unspecified atom stereocenters. The van der Waals surface area contributed by atoms with Crippen molar-refractivity contribution >= 4 is 5.96 Å². The first-order chi connectivity index (χ1) is 11.7. The third kappa shape index (κ3) is 6.13. The van der Waals surface area contributed by atoms with Crippen molar-refractivity contribution in [1.29, 1.82) is 0 Å². The Hall–Kier alpha value is -1.59. The normalized spacial score (nSPS) is 21.9. The summed E-state index contributed by atoms with van der Waals surface area (Å²) in [4.78, 5) is 7.14. The first-order valence-electron chi connectivity index (χ1n) is 9.13. The molecule has 1 aliphatic heterocycles. The quantitative estimate of drug-likeness (QED) is 0.435. The van der Waals surface area contributed by atoms with Crippen molar-refractivity contribution < 1.29 is 4.74 Å². The second-order valence-electron chi connectivity index (χ2n) is 6.30. The maximum absolute atomic E-state index is 5.36. The number of hydrogen-bond donors (Lipinski definition) is 2. The minimum Gasteiger partial charge on any atom is -0.380 e. The van der Waals surface area contributed by atoms with Crippen LogP contribution in [0.3, 0.4) is 0 Å². The number of benzene rings is 1. The van der Waals surface area contributed by atoms with Gasteiger partial charge in [0.05, 0.1) is 13.2 Å². The number of rotatable bonds is 8. The summed E-state index contributed by atoms with van der Waals surface area (Å²) in [6, 6.07) is 11.7. The molecule has 1 aliphatic rings. The zero-order valence-corrected chi connectivity index (χ0v) is 15.3. The third-order valence-electron chi connectivity index (χ3n) is 4.33. The Morgan fingerprint density at radius 3 is 2.79 bits per heavy atom. The second kappa shape index (κ2) is 10.3. The Balaban J connectivity index is 1.85. The SMILES string of the molecule is CCNC(=NCCOCC)NC1CC(C)N(Cc2ccccc2)C1. The largest absolute Gasteiger partial charge is 0.380 e. The van der Waals surface area contributed by atoms with Crippen molar-refractivity contribution in [3.05, 3.63) is 35.9 Å². The molecular formula is C19H32N4O. The highest BCUT2D eigenvalue weighted by molar-refractivity contribution is 5.80. The number of nitrogens with zero attached hydrogens (tertiary/aromatic N) is 2. The van der Waals surface area contributed by atoms with E-state index >= 15 is 0 Å². The molecule has 2 N–H and O–H groups in total. The van der Waals surface area contributed by atoms with Gasteiger partial charge in [0.25, 0.3) is 0 Å². The zero-order valence-electron chi connectivity index (χ0n) is 15.3. The molecule has 2 rings (SSSR count). The van der Waals surface area contributed by atoms with Gasteiger partial charge in [0, 0.05) is 38.3 Å². The van der Waals surface area contributed by atoms with Crippen LogP contribution in [-0.4, -0.2) is 55.8 Å². The fourth-order valence-corrected chi connectivity index (χ4v) is 3.12. The van der Waals surface area contributed by atoms with Crippen molar-refractivity contribution in [3.63, 3.8) is 0 Å². The van der Waals surface area contributed by atoms with E-state index in [0.29, 0.717) is 25.2 Å². The van der Waals surface area contributed by atoms with E-state index in [-0.39, 0.29) is 0 Å². The summed E-state index contributed by atoms with van der Waals surface area (Å²) in [5, 5.41) is 6.91. The van der Waals surface area contributed by atoms with Gasteiger partial charge in [-0.15, -0.1) is 0 Å². The Labute approximate surface area is 146 Å². The molecule has 1 fully saturated rings. The van der Waals surface area contributed by atoms with Gasteiger partial charge >= 0.3 is 0 Å². The van der Waals surface area contributed by atoms with Crippen LogP contribution in [0.25, 0.3) is 0 Å². The van der Waals surface area contributed by atoms with E-state index in [1.54, 1.807) is 0 Å².